The molecule has 0 saturated carbocycles. The first-order valence-electron chi connectivity index (χ1n) is 7.23. The Labute approximate surface area is 128 Å². The van der Waals surface area contributed by atoms with Gasteiger partial charge in [0.1, 0.15) is 0 Å². The first-order chi connectivity index (χ1) is 10.1. The van der Waals surface area contributed by atoms with Gasteiger partial charge in [0.05, 0.1) is 12.0 Å². The predicted molar refractivity (Wildman–Crippen MR) is 80.4 cm³/mol. The summed E-state index contributed by atoms with van der Waals surface area (Å²) in [5.74, 6) is -0.939. The minimum absolute atomic E-state index is 0.0347. The molecule has 1 amide bonds. The maximum atomic E-state index is 12.1. The molecule has 1 aromatic rings. The molecule has 0 aliphatic carbocycles. The first kappa shape index (κ1) is 16.0. The van der Waals surface area contributed by atoms with E-state index in [2.05, 4.69) is 11.4 Å². The summed E-state index contributed by atoms with van der Waals surface area (Å²) in [7, 11) is 0. The van der Waals surface area contributed by atoms with Crippen LogP contribution in [0.15, 0.2) is 17.5 Å². The number of rotatable bonds is 7. The summed E-state index contributed by atoms with van der Waals surface area (Å²) in [6.45, 7) is 1.01. The Hall–Kier alpha value is -1.40. The Morgan fingerprint density at radius 2 is 2.14 bits per heavy atom. The number of nitrogens with one attached hydrogen (secondary N) is 1. The zero-order valence-electron chi connectivity index (χ0n) is 12.0. The summed E-state index contributed by atoms with van der Waals surface area (Å²) in [6, 6.07) is 4.07. The number of thiophene rings is 1. The summed E-state index contributed by atoms with van der Waals surface area (Å²) < 4.78 is 5.28. The molecule has 0 atom stereocenters. The van der Waals surface area contributed by atoms with E-state index in [-0.39, 0.29) is 12.3 Å². The van der Waals surface area contributed by atoms with Crippen molar-refractivity contribution < 1.29 is 19.4 Å². The lowest BCUT2D eigenvalue weighted by molar-refractivity contribution is -0.140. The molecule has 0 aromatic carbocycles. The number of ether oxygens (including phenoxy) is 1. The van der Waals surface area contributed by atoms with Crippen LogP contribution in [-0.4, -0.2) is 35.7 Å². The minimum Gasteiger partial charge on any atom is -0.481 e. The van der Waals surface area contributed by atoms with Crippen molar-refractivity contribution in [3.63, 3.8) is 0 Å². The fraction of sp³-hybridized carbons (Fsp3) is 0.600. The molecule has 2 heterocycles. The van der Waals surface area contributed by atoms with Gasteiger partial charge in [-0.15, -0.1) is 11.3 Å². The van der Waals surface area contributed by atoms with Gasteiger partial charge in [-0.05, 0) is 37.1 Å². The average Bonchev–Trinajstić information content (AvgIpc) is 2.91. The van der Waals surface area contributed by atoms with Gasteiger partial charge in [-0.3, -0.25) is 9.59 Å². The molecule has 2 rings (SSSR count). The third-order valence-corrected chi connectivity index (χ3v) is 4.69. The molecule has 6 heteroatoms. The van der Waals surface area contributed by atoms with Gasteiger partial charge in [0, 0.05) is 24.5 Å². The third kappa shape index (κ3) is 5.13. The van der Waals surface area contributed by atoms with Gasteiger partial charge in [-0.25, -0.2) is 0 Å². The number of carbonyl (C=O) groups excluding carboxylic acids is 1. The predicted octanol–water partition coefficient (Wildman–Crippen LogP) is 2.21. The van der Waals surface area contributed by atoms with Crippen LogP contribution in [-0.2, 0) is 20.7 Å². The molecule has 0 radical (unpaired) electrons. The van der Waals surface area contributed by atoms with Crippen molar-refractivity contribution in [3.05, 3.63) is 22.4 Å². The van der Waals surface area contributed by atoms with Crippen LogP contribution in [0.2, 0.25) is 0 Å². The van der Waals surface area contributed by atoms with Crippen LogP contribution >= 0.6 is 11.3 Å². The highest BCUT2D eigenvalue weighted by Crippen LogP contribution is 2.25. The SMILES string of the molecule is O=C(O)CC1(NC(=O)CCCc2cccs2)CCOCC1. The second-order valence-corrected chi connectivity index (χ2v) is 6.48. The smallest absolute Gasteiger partial charge is 0.305 e. The number of aliphatic carboxylic acids is 1. The lowest BCUT2D eigenvalue weighted by Gasteiger charge is -2.36. The quantitative estimate of drug-likeness (QED) is 0.809. The Balaban J connectivity index is 1.81. The van der Waals surface area contributed by atoms with E-state index in [9.17, 15) is 9.59 Å². The number of aryl methyl sites for hydroxylation is 1. The number of carboxylic acid groups (broad SMARTS) is 1. The molecular weight excluding hydrogens is 290 g/mol. The van der Waals surface area contributed by atoms with Gasteiger partial charge >= 0.3 is 5.97 Å². The summed E-state index contributed by atoms with van der Waals surface area (Å²) in [5, 5.41) is 14.0. The van der Waals surface area contributed by atoms with Gasteiger partial charge in [-0.1, -0.05) is 6.07 Å². The Bertz CT molecular complexity index is 466. The van der Waals surface area contributed by atoms with Gasteiger partial charge < -0.3 is 15.2 Å². The molecule has 5 nitrogen and oxygen atoms in total. The molecule has 1 fully saturated rings. The topological polar surface area (TPSA) is 75.6 Å². The Morgan fingerprint density at radius 3 is 2.76 bits per heavy atom. The van der Waals surface area contributed by atoms with Crippen molar-refractivity contribution >= 4 is 23.2 Å². The van der Waals surface area contributed by atoms with Crippen molar-refractivity contribution in [2.24, 2.45) is 0 Å². The largest absolute Gasteiger partial charge is 0.481 e. The van der Waals surface area contributed by atoms with Crippen LogP contribution in [0.4, 0.5) is 0 Å². The van der Waals surface area contributed by atoms with Crippen molar-refractivity contribution in [1.82, 2.24) is 5.32 Å². The summed E-state index contributed by atoms with van der Waals surface area (Å²) in [4.78, 5) is 24.4. The zero-order chi connectivity index (χ0) is 15.1. The van der Waals surface area contributed by atoms with Gasteiger partial charge in [0.25, 0.3) is 0 Å². The van der Waals surface area contributed by atoms with Crippen molar-refractivity contribution in [1.29, 1.82) is 0 Å². The highest BCUT2D eigenvalue weighted by atomic mass is 32.1. The Kier molecular flexibility index (Phi) is 5.76. The summed E-state index contributed by atoms with van der Waals surface area (Å²) in [5.41, 5.74) is -0.635. The molecule has 2 N–H and O–H groups in total. The number of carboxylic acids is 1. The minimum atomic E-state index is -0.879. The van der Waals surface area contributed by atoms with E-state index in [1.807, 2.05) is 11.4 Å². The third-order valence-electron chi connectivity index (χ3n) is 3.75. The fourth-order valence-electron chi connectivity index (χ4n) is 2.63. The van der Waals surface area contributed by atoms with Gasteiger partial charge in [0.2, 0.25) is 5.91 Å². The second kappa shape index (κ2) is 7.56. The van der Waals surface area contributed by atoms with Crippen LogP contribution in [0, 0.1) is 0 Å². The van der Waals surface area contributed by atoms with Crippen molar-refractivity contribution in [2.45, 2.75) is 44.1 Å². The van der Waals surface area contributed by atoms with E-state index in [4.69, 9.17) is 9.84 Å². The lowest BCUT2D eigenvalue weighted by atomic mass is 9.86. The van der Waals surface area contributed by atoms with Gasteiger partial charge in [-0.2, -0.15) is 0 Å². The second-order valence-electron chi connectivity index (χ2n) is 5.44. The van der Waals surface area contributed by atoms with Crippen LogP contribution < -0.4 is 5.32 Å². The molecule has 1 aliphatic rings. The standard InChI is InChI=1S/C15H21NO4S/c17-13(5-1-3-12-4-2-10-21-12)16-15(11-14(18)19)6-8-20-9-7-15/h2,4,10H,1,3,5-9,11H2,(H,16,17)(H,18,19). The molecule has 0 bridgehead atoms. The monoisotopic (exact) mass is 311 g/mol. The number of amides is 1. The Morgan fingerprint density at radius 1 is 1.38 bits per heavy atom. The van der Waals surface area contributed by atoms with Crippen LogP contribution in [0.3, 0.4) is 0 Å². The van der Waals surface area contributed by atoms with Gasteiger partial charge in [0.15, 0.2) is 0 Å². The maximum Gasteiger partial charge on any atom is 0.305 e. The number of hydrogen-bond acceptors (Lipinski definition) is 4. The highest BCUT2D eigenvalue weighted by Gasteiger charge is 2.36. The van der Waals surface area contributed by atoms with Crippen molar-refractivity contribution in [2.75, 3.05) is 13.2 Å². The number of carbonyl (C=O) groups is 2. The van der Waals surface area contributed by atoms with E-state index in [0.717, 1.165) is 12.8 Å². The maximum absolute atomic E-state index is 12.1. The van der Waals surface area contributed by atoms with E-state index < -0.39 is 11.5 Å². The molecule has 0 unspecified atom stereocenters. The van der Waals surface area contributed by atoms with E-state index in [1.165, 1.54) is 4.88 Å². The summed E-state index contributed by atoms with van der Waals surface area (Å²) in [6.07, 6.45) is 3.20. The molecular formula is C15H21NO4S. The molecule has 1 saturated heterocycles. The van der Waals surface area contributed by atoms with Crippen molar-refractivity contribution in [3.8, 4) is 0 Å². The molecule has 21 heavy (non-hydrogen) atoms. The number of hydrogen-bond donors (Lipinski definition) is 2. The van der Waals surface area contributed by atoms with Crippen LogP contribution in [0.25, 0.3) is 0 Å². The molecule has 1 aromatic heterocycles. The molecule has 1 aliphatic heterocycles. The zero-order valence-corrected chi connectivity index (χ0v) is 12.8. The first-order valence-corrected chi connectivity index (χ1v) is 8.11. The van der Waals surface area contributed by atoms with E-state index in [0.29, 0.717) is 32.5 Å². The van der Waals surface area contributed by atoms with E-state index in [1.54, 1.807) is 11.3 Å². The van der Waals surface area contributed by atoms with E-state index >= 15 is 0 Å². The average molecular weight is 311 g/mol. The summed E-state index contributed by atoms with van der Waals surface area (Å²) >= 11 is 1.69. The normalized spacial score (nSPS) is 17.3. The highest BCUT2D eigenvalue weighted by molar-refractivity contribution is 7.09. The molecule has 0 spiro atoms. The van der Waals surface area contributed by atoms with Crippen LogP contribution in [0.5, 0.6) is 0 Å². The lowest BCUT2D eigenvalue weighted by Crippen LogP contribution is -2.53. The molecule has 116 valence electrons. The fourth-order valence-corrected chi connectivity index (χ4v) is 3.39. The van der Waals surface area contributed by atoms with Crippen LogP contribution in [0.1, 0.15) is 37.0 Å².